The topological polar surface area (TPSA) is 55.8 Å². The summed E-state index contributed by atoms with van der Waals surface area (Å²) in [5.74, 6) is -0.404. The average molecular weight is 297 g/mol. The van der Waals surface area contributed by atoms with Crippen LogP contribution >= 0.6 is 0 Å². The van der Waals surface area contributed by atoms with E-state index in [1.54, 1.807) is 0 Å². The molecule has 1 unspecified atom stereocenters. The van der Waals surface area contributed by atoms with Crippen molar-refractivity contribution < 1.29 is 9.90 Å². The summed E-state index contributed by atoms with van der Waals surface area (Å²) in [5, 5.41) is 13.2. The van der Waals surface area contributed by atoms with Crippen LogP contribution in [0.15, 0.2) is 0 Å². The van der Waals surface area contributed by atoms with Crippen molar-refractivity contribution in [2.75, 3.05) is 39.8 Å². The van der Waals surface area contributed by atoms with E-state index in [-0.39, 0.29) is 12.0 Å². The van der Waals surface area contributed by atoms with Crippen LogP contribution in [-0.4, -0.2) is 72.2 Å². The van der Waals surface area contributed by atoms with Gasteiger partial charge in [-0.3, -0.25) is 10.1 Å². The Bertz CT molecular complexity index is 351. The molecule has 0 amide bonds. The summed E-state index contributed by atoms with van der Waals surface area (Å²) in [5.41, 5.74) is -0.770. The van der Waals surface area contributed by atoms with E-state index in [4.69, 9.17) is 0 Å². The lowest BCUT2D eigenvalue weighted by molar-refractivity contribution is -0.147. The summed E-state index contributed by atoms with van der Waals surface area (Å²) in [4.78, 5) is 16.6. The Hall–Kier alpha value is -0.650. The predicted octanol–water partition coefficient (Wildman–Crippen LogP) is 1.25. The third-order valence-corrected chi connectivity index (χ3v) is 4.72. The van der Waals surface area contributed by atoms with Crippen LogP contribution in [0.4, 0.5) is 0 Å². The Morgan fingerprint density at radius 3 is 2.48 bits per heavy atom. The van der Waals surface area contributed by atoms with Crippen LogP contribution in [0.2, 0.25) is 0 Å². The molecule has 1 saturated carbocycles. The summed E-state index contributed by atoms with van der Waals surface area (Å²) in [6, 6.07) is 0.189. The maximum Gasteiger partial charge on any atom is 0.325 e. The van der Waals surface area contributed by atoms with Crippen molar-refractivity contribution in [1.29, 1.82) is 0 Å². The van der Waals surface area contributed by atoms with Crippen LogP contribution in [-0.2, 0) is 4.79 Å². The summed E-state index contributed by atoms with van der Waals surface area (Å²) in [6.07, 6.45) is 4.68. The zero-order valence-electron chi connectivity index (χ0n) is 13.8. The lowest BCUT2D eigenvalue weighted by atomic mass is 9.91. The second kappa shape index (κ2) is 7.07. The Kier molecular flexibility index (Phi) is 5.63. The molecule has 2 rings (SSSR count). The van der Waals surface area contributed by atoms with Crippen LogP contribution in [0, 0.1) is 5.92 Å². The summed E-state index contributed by atoms with van der Waals surface area (Å²) in [6.45, 7) is 9.06. The molecule has 21 heavy (non-hydrogen) atoms. The van der Waals surface area contributed by atoms with Gasteiger partial charge < -0.3 is 14.9 Å². The van der Waals surface area contributed by atoms with E-state index in [2.05, 4.69) is 22.2 Å². The van der Waals surface area contributed by atoms with Gasteiger partial charge in [0.25, 0.3) is 0 Å². The van der Waals surface area contributed by atoms with Crippen LogP contribution < -0.4 is 5.32 Å². The Morgan fingerprint density at radius 1 is 1.38 bits per heavy atom. The number of nitrogens with one attached hydrogen (secondary N) is 1. The van der Waals surface area contributed by atoms with Crippen molar-refractivity contribution in [3.05, 3.63) is 0 Å². The molecule has 1 saturated heterocycles. The van der Waals surface area contributed by atoms with Gasteiger partial charge in [-0.2, -0.15) is 0 Å². The van der Waals surface area contributed by atoms with Gasteiger partial charge in [-0.05, 0) is 65.6 Å². The first kappa shape index (κ1) is 16.7. The lowest BCUT2D eigenvalue weighted by Crippen LogP contribution is -2.62. The van der Waals surface area contributed by atoms with Crippen LogP contribution in [0.25, 0.3) is 0 Å². The summed E-state index contributed by atoms with van der Waals surface area (Å²) < 4.78 is 0. The molecular formula is C16H31N3O2. The van der Waals surface area contributed by atoms with E-state index in [0.29, 0.717) is 6.54 Å². The van der Waals surface area contributed by atoms with Gasteiger partial charge in [-0.1, -0.05) is 0 Å². The molecule has 5 nitrogen and oxygen atoms in total. The van der Waals surface area contributed by atoms with Gasteiger partial charge in [0.1, 0.15) is 5.54 Å². The van der Waals surface area contributed by atoms with Crippen LogP contribution in [0.3, 0.4) is 0 Å². The molecule has 0 bridgehead atoms. The number of likely N-dealkylation sites (N-methyl/N-ethyl adjacent to an activating group) is 1. The highest BCUT2D eigenvalue weighted by molar-refractivity contribution is 5.80. The molecular weight excluding hydrogens is 266 g/mol. The van der Waals surface area contributed by atoms with Gasteiger partial charge in [0.2, 0.25) is 0 Å². The number of carbonyl (C=O) groups is 1. The molecule has 0 radical (unpaired) electrons. The van der Waals surface area contributed by atoms with Crippen LogP contribution in [0.1, 0.15) is 39.5 Å². The Labute approximate surface area is 128 Å². The van der Waals surface area contributed by atoms with Gasteiger partial charge in [0.15, 0.2) is 0 Å². The third kappa shape index (κ3) is 4.41. The van der Waals surface area contributed by atoms with Gasteiger partial charge in [-0.25, -0.2) is 0 Å². The monoisotopic (exact) mass is 297 g/mol. The minimum Gasteiger partial charge on any atom is -0.480 e. The first-order valence-corrected chi connectivity index (χ1v) is 8.36. The molecule has 2 aliphatic rings. The quantitative estimate of drug-likeness (QED) is 0.671. The predicted molar refractivity (Wildman–Crippen MR) is 84.5 cm³/mol. The molecule has 2 fully saturated rings. The Balaban J connectivity index is 1.91. The molecule has 1 atom stereocenters. The minimum absolute atomic E-state index is 0.189. The van der Waals surface area contributed by atoms with Crippen molar-refractivity contribution in [1.82, 2.24) is 15.1 Å². The Morgan fingerprint density at radius 2 is 2.00 bits per heavy atom. The summed E-state index contributed by atoms with van der Waals surface area (Å²) >= 11 is 0. The highest BCUT2D eigenvalue weighted by Gasteiger charge is 2.51. The SMILES string of the molecule is CC(C)NC(CN(C)CCN1CCCC1)(C(=O)O)C1CC1. The third-order valence-electron chi connectivity index (χ3n) is 4.72. The number of carboxylic acids is 1. The second-order valence-electron chi connectivity index (χ2n) is 7.14. The largest absolute Gasteiger partial charge is 0.480 e. The zero-order chi connectivity index (χ0) is 15.5. The van der Waals surface area contributed by atoms with E-state index in [1.165, 1.54) is 25.9 Å². The average Bonchev–Trinajstić information content (AvgIpc) is 3.12. The van der Waals surface area contributed by atoms with Gasteiger partial charge >= 0.3 is 5.97 Å². The molecule has 2 N–H and O–H groups in total. The van der Waals surface area contributed by atoms with Crippen molar-refractivity contribution in [2.45, 2.75) is 51.1 Å². The molecule has 0 spiro atoms. The molecule has 5 heteroatoms. The lowest BCUT2D eigenvalue weighted by Gasteiger charge is -2.36. The number of hydrogen-bond donors (Lipinski definition) is 2. The minimum atomic E-state index is -0.770. The maximum atomic E-state index is 11.9. The first-order chi connectivity index (χ1) is 9.94. The fourth-order valence-electron chi connectivity index (χ4n) is 3.51. The summed E-state index contributed by atoms with van der Waals surface area (Å²) in [7, 11) is 2.05. The zero-order valence-corrected chi connectivity index (χ0v) is 13.8. The first-order valence-electron chi connectivity index (χ1n) is 8.36. The fraction of sp³-hybridized carbons (Fsp3) is 0.938. The van der Waals surface area contributed by atoms with Gasteiger partial charge in [0.05, 0.1) is 0 Å². The van der Waals surface area contributed by atoms with Gasteiger partial charge in [0, 0.05) is 25.7 Å². The molecule has 1 aliphatic carbocycles. The molecule has 0 aromatic heterocycles. The van der Waals surface area contributed by atoms with Crippen molar-refractivity contribution in [3.63, 3.8) is 0 Å². The molecule has 122 valence electrons. The van der Waals surface area contributed by atoms with Gasteiger partial charge in [-0.15, -0.1) is 0 Å². The van der Waals surface area contributed by atoms with E-state index in [0.717, 1.165) is 25.9 Å². The number of nitrogens with zero attached hydrogens (tertiary/aromatic N) is 2. The molecule has 0 aromatic carbocycles. The van der Waals surface area contributed by atoms with E-state index >= 15 is 0 Å². The van der Waals surface area contributed by atoms with E-state index < -0.39 is 11.5 Å². The number of aliphatic carboxylic acids is 1. The van der Waals surface area contributed by atoms with E-state index in [9.17, 15) is 9.90 Å². The number of likely N-dealkylation sites (tertiary alicyclic amines) is 1. The fourth-order valence-corrected chi connectivity index (χ4v) is 3.51. The molecule has 1 aliphatic heterocycles. The normalized spacial score (nSPS) is 22.9. The highest BCUT2D eigenvalue weighted by atomic mass is 16.4. The smallest absolute Gasteiger partial charge is 0.325 e. The number of hydrogen-bond acceptors (Lipinski definition) is 4. The van der Waals surface area contributed by atoms with Crippen LogP contribution in [0.5, 0.6) is 0 Å². The molecule has 0 aromatic rings. The molecule has 1 heterocycles. The van der Waals surface area contributed by atoms with E-state index in [1.807, 2.05) is 13.8 Å². The number of rotatable bonds is 9. The highest BCUT2D eigenvalue weighted by Crippen LogP contribution is 2.40. The standard InChI is InChI=1S/C16H31N3O2/c1-13(2)17-16(15(20)21,14-6-7-14)12-18(3)10-11-19-8-4-5-9-19/h13-14,17H,4-12H2,1-3H3,(H,20,21). The van der Waals surface area contributed by atoms with Crippen molar-refractivity contribution in [3.8, 4) is 0 Å². The van der Waals surface area contributed by atoms with Crippen molar-refractivity contribution in [2.24, 2.45) is 5.92 Å². The second-order valence-corrected chi connectivity index (χ2v) is 7.14. The number of carboxylic acid groups (broad SMARTS) is 1. The van der Waals surface area contributed by atoms with Crippen molar-refractivity contribution >= 4 is 5.97 Å². The maximum absolute atomic E-state index is 11.9.